The van der Waals surface area contributed by atoms with Crippen molar-refractivity contribution < 1.29 is 24.0 Å². The first kappa shape index (κ1) is 19.5. The van der Waals surface area contributed by atoms with E-state index in [1.54, 1.807) is 12.1 Å². The van der Waals surface area contributed by atoms with Gasteiger partial charge in [0.15, 0.2) is 0 Å². The van der Waals surface area contributed by atoms with Crippen LogP contribution in [-0.4, -0.2) is 34.2 Å². The number of nitro groups is 1. The van der Waals surface area contributed by atoms with Crippen molar-refractivity contribution in [1.29, 1.82) is 0 Å². The molecule has 0 spiro atoms. The molecule has 0 bridgehead atoms. The van der Waals surface area contributed by atoms with Crippen LogP contribution in [0.25, 0.3) is 10.8 Å². The molecular formula is C21H13ClN2O6. The second-order valence-corrected chi connectivity index (χ2v) is 6.99. The Hall–Kier alpha value is -3.78. The monoisotopic (exact) mass is 424 g/mol. The van der Waals surface area contributed by atoms with E-state index in [0.717, 1.165) is 4.90 Å². The molecule has 4 rings (SSSR count). The minimum atomic E-state index is -0.620. The normalized spacial score (nSPS) is 12.9. The van der Waals surface area contributed by atoms with Crippen molar-refractivity contribution >= 4 is 45.8 Å². The van der Waals surface area contributed by atoms with E-state index in [0.29, 0.717) is 10.8 Å². The van der Waals surface area contributed by atoms with Gasteiger partial charge in [-0.25, -0.2) is 0 Å². The zero-order chi connectivity index (χ0) is 21.4. The summed E-state index contributed by atoms with van der Waals surface area (Å²) in [4.78, 5) is 49.5. The molecular weight excluding hydrogens is 412 g/mol. The van der Waals surface area contributed by atoms with Crippen molar-refractivity contribution in [2.75, 3.05) is 6.54 Å². The predicted molar refractivity (Wildman–Crippen MR) is 108 cm³/mol. The highest BCUT2D eigenvalue weighted by Crippen LogP contribution is 2.35. The predicted octanol–water partition coefficient (Wildman–Crippen LogP) is 3.99. The van der Waals surface area contributed by atoms with Crippen LogP contribution < -0.4 is 4.74 Å². The number of hydrogen-bond donors (Lipinski definition) is 0. The van der Waals surface area contributed by atoms with Gasteiger partial charge in [-0.15, -0.1) is 0 Å². The summed E-state index contributed by atoms with van der Waals surface area (Å²) in [6.45, 7) is -0.184. The van der Waals surface area contributed by atoms with Gasteiger partial charge in [0.25, 0.3) is 17.5 Å². The summed E-state index contributed by atoms with van der Waals surface area (Å²) in [5.74, 6) is -1.55. The largest absolute Gasteiger partial charge is 0.426 e. The van der Waals surface area contributed by atoms with Gasteiger partial charge in [0.2, 0.25) is 0 Å². The van der Waals surface area contributed by atoms with Crippen molar-refractivity contribution in [1.82, 2.24) is 4.90 Å². The summed E-state index contributed by atoms with van der Waals surface area (Å²) < 4.78 is 5.18. The lowest BCUT2D eigenvalue weighted by Gasteiger charge is -2.26. The average molecular weight is 425 g/mol. The SMILES string of the molecule is O=C(CCN1C(=O)c2cccc3c([N+](=O)[O-])ccc(c23)C1=O)Oc1ccc(Cl)cc1. The number of ether oxygens (including phenoxy) is 1. The quantitative estimate of drug-likeness (QED) is 0.201. The van der Waals surface area contributed by atoms with Crippen LogP contribution in [-0.2, 0) is 4.79 Å². The van der Waals surface area contributed by atoms with Crippen LogP contribution >= 0.6 is 11.6 Å². The van der Waals surface area contributed by atoms with E-state index >= 15 is 0 Å². The van der Waals surface area contributed by atoms with E-state index in [2.05, 4.69) is 0 Å². The number of non-ortho nitro benzene ring substituents is 1. The molecule has 9 heteroatoms. The van der Waals surface area contributed by atoms with E-state index in [1.807, 2.05) is 0 Å². The van der Waals surface area contributed by atoms with E-state index in [9.17, 15) is 24.5 Å². The molecule has 0 saturated carbocycles. The second kappa shape index (κ2) is 7.57. The van der Waals surface area contributed by atoms with Crippen molar-refractivity contribution in [3.8, 4) is 5.75 Å². The molecule has 150 valence electrons. The van der Waals surface area contributed by atoms with Crippen LogP contribution in [0.1, 0.15) is 27.1 Å². The fraction of sp³-hybridized carbons (Fsp3) is 0.0952. The highest BCUT2D eigenvalue weighted by atomic mass is 35.5. The number of carbonyl (C=O) groups excluding carboxylic acids is 3. The van der Waals surface area contributed by atoms with Gasteiger partial charge in [0.05, 0.1) is 16.7 Å². The van der Waals surface area contributed by atoms with Gasteiger partial charge < -0.3 is 4.74 Å². The number of nitrogens with zero attached hydrogens (tertiary/aromatic N) is 2. The Morgan fingerprint density at radius 1 is 1.00 bits per heavy atom. The topological polar surface area (TPSA) is 107 Å². The highest BCUT2D eigenvalue weighted by molar-refractivity contribution is 6.30. The molecule has 1 aliphatic heterocycles. The molecule has 1 heterocycles. The molecule has 3 aromatic rings. The number of carbonyl (C=O) groups is 3. The number of imide groups is 1. The third-order valence-electron chi connectivity index (χ3n) is 4.75. The molecule has 0 fully saturated rings. The van der Waals surface area contributed by atoms with Crippen LogP contribution in [0.4, 0.5) is 5.69 Å². The summed E-state index contributed by atoms with van der Waals surface area (Å²) in [6, 6.07) is 13.3. The molecule has 2 amide bonds. The Morgan fingerprint density at radius 2 is 1.67 bits per heavy atom. The van der Waals surface area contributed by atoms with Crippen LogP contribution in [0.15, 0.2) is 54.6 Å². The van der Waals surface area contributed by atoms with Gasteiger partial charge in [-0.2, -0.15) is 0 Å². The molecule has 0 atom stereocenters. The maximum Gasteiger partial charge on any atom is 0.312 e. The Morgan fingerprint density at radius 3 is 2.33 bits per heavy atom. The summed E-state index contributed by atoms with van der Waals surface area (Å²) in [7, 11) is 0. The van der Waals surface area contributed by atoms with Crippen LogP contribution in [0.5, 0.6) is 5.75 Å². The van der Waals surface area contributed by atoms with E-state index in [1.165, 1.54) is 42.5 Å². The molecule has 0 aromatic heterocycles. The molecule has 0 N–H and O–H groups in total. The number of rotatable bonds is 5. The second-order valence-electron chi connectivity index (χ2n) is 6.56. The smallest absolute Gasteiger partial charge is 0.312 e. The highest BCUT2D eigenvalue weighted by Gasteiger charge is 2.34. The van der Waals surface area contributed by atoms with Crippen LogP contribution in [0.3, 0.4) is 0 Å². The average Bonchev–Trinajstić information content (AvgIpc) is 2.73. The van der Waals surface area contributed by atoms with Gasteiger partial charge in [-0.05, 0) is 42.5 Å². The van der Waals surface area contributed by atoms with Gasteiger partial charge in [-0.3, -0.25) is 29.4 Å². The summed E-state index contributed by atoms with van der Waals surface area (Å²) in [5, 5.41) is 12.2. The minimum absolute atomic E-state index is 0.178. The molecule has 30 heavy (non-hydrogen) atoms. The Kier molecular flexibility index (Phi) is 4.93. The van der Waals surface area contributed by atoms with Gasteiger partial charge in [0.1, 0.15) is 5.75 Å². The first-order chi connectivity index (χ1) is 14.4. The number of esters is 1. The van der Waals surface area contributed by atoms with Crippen molar-refractivity contribution in [3.05, 3.63) is 80.9 Å². The summed E-state index contributed by atoms with van der Waals surface area (Å²) >= 11 is 5.79. The lowest BCUT2D eigenvalue weighted by atomic mass is 9.93. The number of amides is 2. The molecule has 0 aliphatic carbocycles. The van der Waals surface area contributed by atoms with Crippen molar-refractivity contribution in [2.45, 2.75) is 6.42 Å². The number of halogens is 1. The third-order valence-corrected chi connectivity index (χ3v) is 5.00. The van der Waals surface area contributed by atoms with Crippen molar-refractivity contribution in [3.63, 3.8) is 0 Å². The molecule has 3 aromatic carbocycles. The van der Waals surface area contributed by atoms with Crippen LogP contribution in [0.2, 0.25) is 5.02 Å². The number of hydrogen-bond acceptors (Lipinski definition) is 6. The van der Waals surface area contributed by atoms with Gasteiger partial charge >= 0.3 is 5.97 Å². The van der Waals surface area contributed by atoms with E-state index < -0.39 is 22.7 Å². The van der Waals surface area contributed by atoms with E-state index in [-0.39, 0.29) is 40.6 Å². The summed E-state index contributed by atoms with van der Waals surface area (Å²) in [6.07, 6.45) is -0.210. The fourth-order valence-electron chi connectivity index (χ4n) is 3.38. The summed E-state index contributed by atoms with van der Waals surface area (Å²) in [5.41, 5.74) is 0.171. The maximum absolute atomic E-state index is 12.9. The van der Waals surface area contributed by atoms with Crippen LogP contribution in [0, 0.1) is 10.1 Å². The van der Waals surface area contributed by atoms with E-state index in [4.69, 9.17) is 16.3 Å². The van der Waals surface area contributed by atoms with Gasteiger partial charge in [-0.1, -0.05) is 17.7 Å². The zero-order valence-electron chi connectivity index (χ0n) is 15.3. The Bertz CT molecular complexity index is 1200. The molecule has 8 nitrogen and oxygen atoms in total. The number of nitro benzene ring substituents is 1. The maximum atomic E-state index is 12.9. The third kappa shape index (κ3) is 3.37. The molecule has 0 unspecified atom stereocenters. The van der Waals surface area contributed by atoms with Gasteiger partial charge in [0, 0.05) is 34.1 Å². The lowest BCUT2D eigenvalue weighted by molar-refractivity contribution is -0.383. The fourth-order valence-corrected chi connectivity index (χ4v) is 3.51. The number of benzene rings is 3. The Balaban J connectivity index is 1.57. The molecule has 0 radical (unpaired) electrons. The first-order valence-corrected chi connectivity index (χ1v) is 9.27. The minimum Gasteiger partial charge on any atom is -0.426 e. The molecule has 1 aliphatic rings. The zero-order valence-corrected chi connectivity index (χ0v) is 16.1. The lowest BCUT2D eigenvalue weighted by Crippen LogP contribution is -2.41. The first-order valence-electron chi connectivity index (χ1n) is 8.89. The standard InChI is InChI=1S/C21H13ClN2O6/c22-12-4-6-13(7-5-12)30-18(25)10-11-23-20(26)15-3-1-2-14-17(24(28)29)9-8-16(19(14)15)21(23)27/h1-9H,10-11H2. The van der Waals surface area contributed by atoms with Crippen molar-refractivity contribution in [2.24, 2.45) is 0 Å². The molecule has 0 saturated heterocycles. The Labute approximate surface area is 174 Å².